The number of ether oxygens (including phenoxy) is 1. The number of anilines is 1. The number of methoxy groups -OCH3 is 1. The van der Waals surface area contributed by atoms with Crippen LogP contribution >= 0.6 is 0 Å². The van der Waals surface area contributed by atoms with Gasteiger partial charge < -0.3 is 15.0 Å². The van der Waals surface area contributed by atoms with Crippen molar-refractivity contribution in [2.24, 2.45) is 0 Å². The molecule has 0 radical (unpaired) electrons. The molecule has 8 nitrogen and oxygen atoms in total. The lowest BCUT2D eigenvalue weighted by Gasteiger charge is -2.29. The zero-order valence-electron chi connectivity index (χ0n) is 21.3. The highest BCUT2D eigenvalue weighted by Gasteiger charge is 2.26. The first-order valence-corrected chi connectivity index (χ1v) is 13.7. The smallest absolute Gasteiger partial charge is 0.242 e. The van der Waals surface area contributed by atoms with Crippen LogP contribution in [-0.2, 0) is 32.6 Å². The van der Waals surface area contributed by atoms with Crippen molar-refractivity contribution in [2.45, 2.75) is 52.6 Å². The summed E-state index contributed by atoms with van der Waals surface area (Å²) in [6, 6.07) is 14.0. The lowest BCUT2D eigenvalue weighted by atomic mass is 10.1. The molecule has 192 valence electrons. The standard InChI is InChI=1S/C26H37N3O5S/c1-6-21-10-14-23(15-11-21)29(35(5,32)33)18-8-9-25(30)28(20(3)26(31)27-7-2)19-22-12-16-24(34-4)17-13-22/h10-17,20H,6-9,18-19H2,1-5H3,(H,27,31)/t20-/m0/s1. The van der Waals surface area contributed by atoms with Crippen LogP contribution < -0.4 is 14.4 Å². The van der Waals surface area contributed by atoms with E-state index in [0.29, 0.717) is 24.4 Å². The highest BCUT2D eigenvalue weighted by Crippen LogP contribution is 2.20. The summed E-state index contributed by atoms with van der Waals surface area (Å²) in [4.78, 5) is 27.3. The van der Waals surface area contributed by atoms with Crippen LogP contribution in [0, 0.1) is 0 Å². The third-order valence-corrected chi connectivity index (χ3v) is 7.01. The fraction of sp³-hybridized carbons (Fsp3) is 0.462. The van der Waals surface area contributed by atoms with Crippen molar-refractivity contribution in [3.05, 3.63) is 59.7 Å². The Morgan fingerprint density at radius 3 is 2.11 bits per heavy atom. The van der Waals surface area contributed by atoms with Crippen molar-refractivity contribution in [1.29, 1.82) is 0 Å². The second-order valence-corrected chi connectivity index (χ2v) is 10.3. The average Bonchev–Trinajstić information content (AvgIpc) is 2.84. The quantitative estimate of drug-likeness (QED) is 0.452. The molecule has 0 saturated heterocycles. The Kier molecular flexibility index (Phi) is 10.6. The van der Waals surface area contributed by atoms with Crippen molar-refractivity contribution < 1.29 is 22.7 Å². The second kappa shape index (κ2) is 13.1. The first kappa shape index (κ1) is 28.2. The molecule has 0 aliphatic rings. The number of nitrogens with zero attached hydrogens (tertiary/aromatic N) is 2. The molecule has 0 unspecified atom stereocenters. The Bertz CT molecular complexity index is 1070. The van der Waals surface area contributed by atoms with Gasteiger partial charge in [0.25, 0.3) is 0 Å². The van der Waals surface area contributed by atoms with E-state index < -0.39 is 16.1 Å². The first-order chi connectivity index (χ1) is 16.6. The van der Waals surface area contributed by atoms with Gasteiger partial charge in [0.15, 0.2) is 0 Å². The van der Waals surface area contributed by atoms with E-state index in [2.05, 4.69) is 5.32 Å². The molecular weight excluding hydrogens is 466 g/mol. The number of aryl methyl sites for hydroxylation is 1. The molecule has 35 heavy (non-hydrogen) atoms. The van der Waals surface area contributed by atoms with E-state index in [4.69, 9.17) is 4.74 Å². The summed E-state index contributed by atoms with van der Waals surface area (Å²) < 4.78 is 31.4. The molecule has 0 fully saturated rings. The normalized spacial score (nSPS) is 12.0. The van der Waals surface area contributed by atoms with Gasteiger partial charge in [0.1, 0.15) is 11.8 Å². The van der Waals surface area contributed by atoms with Gasteiger partial charge in [0.2, 0.25) is 21.8 Å². The van der Waals surface area contributed by atoms with Gasteiger partial charge in [-0.2, -0.15) is 0 Å². The van der Waals surface area contributed by atoms with E-state index in [1.54, 1.807) is 26.2 Å². The monoisotopic (exact) mass is 503 g/mol. The molecule has 2 aromatic carbocycles. The number of amides is 2. The highest BCUT2D eigenvalue weighted by atomic mass is 32.2. The third kappa shape index (κ3) is 8.28. The summed E-state index contributed by atoms with van der Waals surface area (Å²) in [5.41, 5.74) is 2.55. The molecule has 2 rings (SSSR count). The minimum Gasteiger partial charge on any atom is -0.497 e. The van der Waals surface area contributed by atoms with Gasteiger partial charge >= 0.3 is 0 Å². The Balaban J connectivity index is 2.14. The van der Waals surface area contributed by atoms with Crippen LogP contribution in [-0.4, -0.2) is 57.6 Å². The van der Waals surface area contributed by atoms with Crippen molar-refractivity contribution in [1.82, 2.24) is 10.2 Å². The number of rotatable bonds is 13. The zero-order valence-corrected chi connectivity index (χ0v) is 22.1. The Morgan fingerprint density at radius 2 is 1.60 bits per heavy atom. The fourth-order valence-electron chi connectivity index (χ4n) is 3.73. The molecular formula is C26H37N3O5S. The molecule has 1 atom stereocenters. The van der Waals surface area contributed by atoms with Crippen LogP contribution in [0.3, 0.4) is 0 Å². The predicted octanol–water partition coefficient (Wildman–Crippen LogP) is 3.36. The summed E-state index contributed by atoms with van der Waals surface area (Å²) in [6.07, 6.45) is 2.46. The number of carbonyl (C=O) groups is 2. The summed E-state index contributed by atoms with van der Waals surface area (Å²) in [5, 5.41) is 2.77. The number of benzene rings is 2. The molecule has 0 bridgehead atoms. The van der Waals surface area contributed by atoms with Crippen molar-refractivity contribution in [2.75, 3.05) is 30.8 Å². The lowest BCUT2D eigenvalue weighted by molar-refractivity contribution is -0.140. The lowest BCUT2D eigenvalue weighted by Crippen LogP contribution is -2.47. The van der Waals surface area contributed by atoms with Crippen molar-refractivity contribution in [3.8, 4) is 5.75 Å². The SMILES string of the molecule is CCNC(=O)[C@H](C)N(Cc1ccc(OC)cc1)C(=O)CCCN(c1ccc(CC)cc1)S(C)(=O)=O. The molecule has 9 heteroatoms. The third-order valence-electron chi connectivity index (χ3n) is 5.82. The number of likely N-dealkylation sites (N-methyl/N-ethyl adjacent to an activating group) is 1. The van der Waals surface area contributed by atoms with Gasteiger partial charge in [0, 0.05) is 26.1 Å². The van der Waals surface area contributed by atoms with Crippen LogP contribution in [0.4, 0.5) is 5.69 Å². The van der Waals surface area contributed by atoms with Crippen molar-refractivity contribution >= 4 is 27.5 Å². The molecule has 2 aromatic rings. The fourth-order valence-corrected chi connectivity index (χ4v) is 4.70. The molecule has 0 aromatic heterocycles. The predicted molar refractivity (Wildman–Crippen MR) is 139 cm³/mol. The van der Waals surface area contributed by atoms with Crippen LogP contribution in [0.1, 0.15) is 44.7 Å². The minimum atomic E-state index is -3.52. The number of hydrogen-bond donors (Lipinski definition) is 1. The maximum atomic E-state index is 13.2. The van der Waals surface area contributed by atoms with Gasteiger partial charge in [-0.3, -0.25) is 13.9 Å². The summed E-state index contributed by atoms with van der Waals surface area (Å²) in [5.74, 6) is 0.258. The largest absolute Gasteiger partial charge is 0.497 e. The Hall–Kier alpha value is -3.07. The van der Waals surface area contributed by atoms with E-state index in [0.717, 1.165) is 23.8 Å². The maximum absolute atomic E-state index is 13.2. The molecule has 0 aliphatic heterocycles. The van der Waals surface area contributed by atoms with Gasteiger partial charge in [-0.25, -0.2) is 8.42 Å². The molecule has 2 amide bonds. The molecule has 0 heterocycles. The van der Waals surface area contributed by atoms with E-state index in [9.17, 15) is 18.0 Å². The van der Waals surface area contributed by atoms with Crippen molar-refractivity contribution in [3.63, 3.8) is 0 Å². The average molecular weight is 504 g/mol. The van der Waals surface area contributed by atoms with E-state index in [-0.39, 0.29) is 31.3 Å². The first-order valence-electron chi connectivity index (χ1n) is 11.9. The summed E-state index contributed by atoms with van der Waals surface area (Å²) in [7, 11) is -1.93. The molecule has 0 aliphatic carbocycles. The second-order valence-electron chi connectivity index (χ2n) is 8.40. The van der Waals surface area contributed by atoms with Gasteiger partial charge in [-0.05, 0) is 62.1 Å². The molecule has 0 saturated carbocycles. The molecule has 1 N–H and O–H groups in total. The minimum absolute atomic E-state index is 0.110. The Morgan fingerprint density at radius 1 is 1.00 bits per heavy atom. The maximum Gasteiger partial charge on any atom is 0.242 e. The number of sulfonamides is 1. The van der Waals surface area contributed by atoms with Gasteiger partial charge in [0.05, 0.1) is 19.1 Å². The van der Waals surface area contributed by atoms with E-state index >= 15 is 0 Å². The molecule has 0 spiro atoms. The number of hydrogen-bond acceptors (Lipinski definition) is 5. The Labute approximate surface area is 209 Å². The zero-order chi connectivity index (χ0) is 26.0. The van der Waals surface area contributed by atoms with Crippen LogP contribution in [0.2, 0.25) is 0 Å². The topological polar surface area (TPSA) is 96.0 Å². The van der Waals surface area contributed by atoms with E-state index in [1.165, 1.54) is 9.21 Å². The number of carbonyl (C=O) groups excluding carboxylic acids is 2. The summed E-state index contributed by atoms with van der Waals surface area (Å²) in [6.45, 7) is 6.46. The van der Waals surface area contributed by atoms with Crippen LogP contribution in [0.5, 0.6) is 5.75 Å². The van der Waals surface area contributed by atoms with Gasteiger partial charge in [-0.1, -0.05) is 31.2 Å². The van der Waals surface area contributed by atoms with E-state index in [1.807, 2.05) is 50.2 Å². The summed E-state index contributed by atoms with van der Waals surface area (Å²) >= 11 is 0. The van der Waals surface area contributed by atoms with Crippen LogP contribution in [0.25, 0.3) is 0 Å². The van der Waals surface area contributed by atoms with Gasteiger partial charge in [-0.15, -0.1) is 0 Å². The number of nitrogens with one attached hydrogen (secondary N) is 1. The highest BCUT2D eigenvalue weighted by molar-refractivity contribution is 7.92. The van der Waals surface area contributed by atoms with Crippen LogP contribution in [0.15, 0.2) is 48.5 Å².